The van der Waals surface area contributed by atoms with E-state index in [-0.39, 0.29) is 6.61 Å². The minimum Gasteiger partial charge on any atom is -0.472 e. The zero-order valence-electron chi connectivity index (χ0n) is 15.5. The van der Waals surface area contributed by atoms with Crippen molar-refractivity contribution in [1.29, 1.82) is 0 Å². The molecule has 4 nitrogen and oxygen atoms in total. The molecule has 2 heterocycles. The lowest BCUT2D eigenvalue weighted by atomic mass is 10.2. The van der Waals surface area contributed by atoms with Crippen molar-refractivity contribution in [1.82, 2.24) is 14.8 Å². The number of aromatic nitrogens is 3. The van der Waals surface area contributed by atoms with E-state index < -0.39 is 0 Å². The number of halogens is 3. The van der Waals surface area contributed by atoms with Crippen LogP contribution in [0.4, 0.5) is 0 Å². The molecule has 0 aliphatic heterocycles. The van der Waals surface area contributed by atoms with E-state index in [1.165, 1.54) is 0 Å². The molecule has 7 heteroatoms. The summed E-state index contributed by atoms with van der Waals surface area (Å²) in [7, 11) is 0. The molecule has 0 bridgehead atoms. The van der Waals surface area contributed by atoms with Crippen LogP contribution in [0.5, 0.6) is 5.88 Å². The van der Waals surface area contributed by atoms with Crippen molar-refractivity contribution in [3.8, 4) is 11.6 Å². The minimum absolute atomic E-state index is 0.259. The van der Waals surface area contributed by atoms with E-state index in [4.69, 9.17) is 44.6 Å². The summed E-state index contributed by atoms with van der Waals surface area (Å²) in [4.78, 5) is 4.57. The number of pyridine rings is 1. The zero-order valence-corrected chi connectivity index (χ0v) is 17.8. The highest BCUT2D eigenvalue weighted by atomic mass is 35.5. The van der Waals surface area contributed by atoms with Crippen molar-refractivity contribution in [2.75, 3.05) is 0 Å². The Balaban J connectivity index is 1.74. The molecule has 5 aromatic rings. The van der Waals surface area contributed by atoms with Gasteiger partial charge >= 0.3 is 0 Å². The van der Waals surface area contributed by atoms with Gasteiger partial charge in [0.05, 0.1) is 20.9 Å². The molecule has 0 radical (unpaired) electrons. The Bertz CT molecular complexity index is 1380. The molecule has 0 saturated heterocycles. The quantitative estimate of drug-likeness (QED) is 0.290. The van der Waals surface area contributed by atoms with Gasteiger partial charge in [-0.1, -0.05) is 77.3 Å². The molecule has 0 N–H and O–H groups in total. The smallest absolute Gasteiger partial charge is 0.226 e. The first-order valence-corrected chi connectivity index (χ1v) is 10.3. The fraction of sp³-hybridized carbons (Fsp3) is 0.0435. The van der Waals surface area contributed by atoms with Gasteiger partial charge < -0.3 is 4.74 Å². The Hall–Kier alpha value is -2.79. The van der Waals surface area contributed by atoms with Crippen molar-refractivity contribution >= 4 is 56.6 Å². The van der Waals surface area contributed by atoms with Gasteiger partial charge in [0.1, 0.15) is 17.8 Å². The first-order valence-electron chi connectivity index (χ1n) is 9.20. The number of fused-ring (bicyclic) bond motifs is 3. The third kappa shape index (κ3) is 3.27. The van der Waals surface area contributed by atoms with Crippen LogP contribution in [0.15, 0.2) is 72.9 Å². The largest absolute Gasteiger partial charge is 0.472 e. The number of benzene rings is 3. The molecule has 0 unspecified atom stereocenters. The van der Waals surface area contributed by atoms with Crippen LogP contribution in [0.1, 0.15) is 5.56 Å². The summed E-state index contributed by atoms with van der Waals surface area (Å²) in [5.74, 6) is 0.498. The third-order valence-corrected chi connectivity index (χ3v) is 5.82. The van der Waals surface area contributed by atoms with Gasteiger partial charge in [-0.2, -0.15) is 9.78 Å². The first kappa shape index (κ1) is 19.2. The molecule has 0 amide bonds. The number of rotatable bonds is 4. The summed E-state index contributed by atoms with van der Waals surface area (Å²) in [6, 6.07) is 20.7. The van der Waals surface area contributed by atoms with E-state index in [1.807, 2.05) is 48.5 Å². The van der Waals surface area contributed by atoms with Crippen LogP contribution in [0, 0.1) is 0 Å². The number of nitrogens with zero attached hydrogens (tertiary/aromatic N) is 3. The average molecular weight is 455 g/mol. The van der Waals surface area contributed by atoms with Crippen LogP contribution in [0.25, 0.3) is 27.5 Å². The molecule has 5 rings (SSSR count). The maximum Gasteiger partial charge on any atom is 0.226 e. The summed E-state index contributed by atoms with van der Waals surface area (Å²) in [5.41, 5.74) is 3.01. The molecular weight excluding hydrogens is 441 g/mol. The summed E-state index contributed by atoms with van der Waals surface area (Å²) < 4.78 is 7.87. The van der Waals surface area contributed by atoms with Gasteiger partial charge in [-0.3, -0.25) is 4.98 Å². The van der Waals surface area contributed by atoms with Crippen molar-refractivity contribution < 1.29 is 4.74 Å². The van der Waals surface area contributed by atoms with Crippen molar-refractivity contribution in [3.05, 3.63) is 93.6 Å². The van der Waals surface area contributed by atoms with Gasteiger partial charge in [0.2, 0.25) is 5.88 Å². The second kappa shape index (κ2) is 7.80. The zero-order chi connectivity index (χ0) is 20.7. The fourth-order valence-electron chi connectivity index (χ4n) is 3.39. The highest BCUT2D eigenvalue weighted by Gasteiger charge is 2.21. The van der Waals surface area contributed by atoms with Crippen molar-refractivity contribution in [2.24, 2.45) is 0 Å². The Kier molecular flexibility index (Phi) is 4.99. The number of hydrogen-bond acceptors (Lipinski definition) is 3. The Labute approximate surface area is 187 Å². The van der Waals surface area contributed by atoms with E-state index in [0.717, 1.165) is 27.4 Å². The average Bonchev–Trinajstić information content (AvgIpc) is 3.11. The molecular formula is C23H14Cl3N3O. The topological polar surface area (TPSA) is 39.9 Å². The highest BCUT2D eigenvalue weighted by molar-refractivity contribution is 6.37. The maximum absolute atomic E-state index is 6.49. The van der Waals surface area contributed by atoms with Crippen LogP contribution in [-0.4, -0.2) is 14.8 Å². The van der Waals surface area contributed by atoms with Gasteiger partial charge in [-0.25, -0.2) is 0 Å². The first-order chi connectivity index (χ1) is 14.6. The summed E-state index contributed by atoms with van der Waals surface area (Å²) in [5, 5.41) is 8.06. The SMILES string of the molecule is Clc1ccccc1COc1c2cnc3ccccc3c2nn1-c1c(Cl)cccc1Cl. The molecule has 0 aliphatic carbocycles. The predicted molar refractivity (Wildman–Crippen MR) is 122 cm³/mol. The molecule has 3 aromatic carbocycles. The van der Waals surface area contributed by atoms with Gasteiger partial charge in [0, 0.05) is 22.2 Å². The molecule has 2 aromatic heterocycles. The highest BCUT2D eigenvalue weighted by Crippen LogP contribution is 2.37. The van der Waals surface area contributed by atoms with Crippen molar-refractivity contribution in [2.45, 2.75) is 6.61 Å². The molecule has 0 atom stereocenters. The molecule has 0 saturated carbocycles. The molecule has 0 aliphatic rings. The van der Waals surface area contributed by atoms with E-state index in [9.17, 15) is 0 Å². The second-order valence-electron chi connectivity index (χ2n) is 6.70. The van der Waals surface area contributed by atoms with Crippen LogP contribution in [0.3, 0.4) is 0 Å². The molecule has 148 valence electrons. The number of para-hydroxylation sites is 2. The number of hydrogen-bond donors (Lipinski definition) is 0. The number of ether oxygens (including phenoxy) is 1. The summed E-state index contributed by atoms with van der Waals surface area (Å²) in [6.45, 7) is 0.259. The van der Waals surface area contributed by atoms with Crippen LogP contribution >= 0.6 is 34.8 Å². The molecule has 0 spiro atoms. The summed E-state index contributed by atoms with van der Waals surface area (Å²) in [6.07, 6.45) is 1.76. The lowest BCUT2D eigenvalue weighted by Crippen LogP contribution is -2.05. The molecule has 30 heavy (non-hydrogen) atoms. The minimum atomic E-state index is 0.259. The second-order valence-corrected chi connectivity index (χ2v) is 7.93. The third-order valence-electron chi connectivity index (χ3n) is 4.84. The molecule has 0 fully saturated rings. The van der Waals surface area contributed by atoms with Gasteiger partial charge in [0.25, 0.3) is 0 Å². The van der Waals surface area contributed by atoms with Gasteiger partial charge in [0.15, 0.2) is 0 Å². The predicted octanol–water partition coefficient (Wildman–Crippen LogP) is 7.11. The van der Waals surface area contributed by atoms with E-state index in [1.54, 1.807) is 29.1 Å². The standard InChI is InChI=1S/C23H14Cl3N3O/c24-17-8-3-1-6-14(17)13-30-23-16-12-27-20-11-4-2-7-15(20)21(16)28-29(23)22-18(25)9-5-10-19(22)26/h1-12H,13H2. The van der Waals surface area contributed by atoms with Gasteiger partial charge in [-0.05, 0) is 24.3 Å². The van der Waals surface area contributed by atoms with Crippen LogP contribution < -0.4 is 4.74 Å². The van der Waals surface area contributed by atoms with E-state index >= 15 is 0 Å². The monoisotopic (exact) mass is 453 g/mol. The van der Waals surface area contributed by atoms with Crippen molar-refractivity contribution in [3.63, 3.8) is 0 Å². The normalized spacial score (nSPS) is 11.3. The fourth-order valence-corrected chi connectivity index (χ4v) is 4.14. The Morgan fingerprint density at radius 3 is 2.27 bits per heavy atom. The Morgan fingerprint density at radius 2 is 1.47 bits per heavy atom. The van der Waals surface area contributed by atoms with E-state index in [2.05, 4.69) is 4.98 Å². The van der Waals surface area contributed by atoms with Gasteiger partial charge in [-0.15, -0.1) is 0 Å². The maximum atomic E-state index is 6.49. The lowest BCUT2D eigenvalue weighted by Gasteiger charge is -2.13. The van der Waals surface area contributed by atoms with Crippen LogP contribution in [0.2, 0.25) is 15.1 Å². The van der Waals surface area contributed by atoms with E-state index in [0.29, 0.717) is 26.6 Å². The Morgan fingerprint density at radius 1 is 0.767 bits per heavy atom. The van der Waals surface area contributed by atoms with Crippen LogP contribution in [-0.2, 0) is 6.61 Å². The summed E-state index contributed by atoms with van der Waals surface area (Å²) >= 11 is 19.3. The lowest BCUT2D eigenvalue weighted by molar-refractivity contribution is 0.288.